The van der Waals surface area contributed by atoms with Crippen molar-refractivity contribution in [2.45, 2.75) is 40.5 Å². The van der Waals surface area contributed by atoms with Gasteiger partial charge >= 0.3 is 0 Å². The maximum atomic E-state index is 11.7. The Kier molecular flexibility index (Phi) is 5.76. The lowest BCUT2D eigenvalue weighted by Crippen LogP contribution is -2.34. The summed E-state index contributed by atoms with van der Waals surface area (Å²) >= 11 is 0. The largest absolute Gasteiger partial charge is 0.346 e. The quantitative estimate of drug-likeness (QED) is 0.644. The number of hydrogen-bond donors (Lipinski definition) is 0. The molecule has 0 aromatic rings. The zero-order valence-electron chi connectivity index (χ0n) is 9.63. The molecule has 0 fully saturated rings. The molecule has 0 unspecified atom stereocenters. The van der Waals surface area contributed by atoms with Crippen molar-refractivity contribution in [1.29, 1.82) is 0 Å². The average molecular weight is 185 g/mol. The predicted octanol–water partition coefficient (Wildman–Crippen LogP) is 2.54. The van der Waals surface area contributed by atoms with Crippen LogP contribution in [0.5, 0.6) is 0 Å². The van der Waals surface area contributed by atoms with Crippen molar-refractivity contribution in [2.24, 2.45) is 11.8 Å². The van der Waals surface area contributed by atoms with Crippen LogP contribution in [0.2, 0.25) is 0 Å². The summed E-state index contributed by atoms with van der Waals surface area (Å²) in [5.74, 6) is 0.877. The molecule has 0 bridgehead atoms. The summed E-state index contributed by atoms with van der Waals surface area (Å²) in [7, 11) is 1.90. The molecule has 1 amide bonds. The van der Waals surface area contributed by atoms with Crippen LogP contribution in [0.1, 0.15) is 40.5 Å². The molecule has 0 aliphatic rings. The molecule has 2 nitrogen and oxygen atoms in total. The first kappa shape index (κ1) is 12.5. The van der Waals surface area contributed by atoms with Gasteiger partial charge in [-0.2, -0.15) is 0 Å². The standard InChI is InChI=1S/C11H23NO/c1-6-7-8-12(5)11(13)10(4)9(2)3/h9-10H,6-8H2,1-5H3/t10-/m0/s1. The summed E-state index contributed by atoms with van der Waals surface area (Å²) < 4.78 is 0. The second-order valence-electron chi connectivity index (χ2n) is 4.15. The Bertz CT molecular complexity index is 154. The second kappa shape index (κ2) is 6.01. The highest BCUT2D eigenvalue weighted by Crippen LogP contribution is 2.12. The van der Waals surface area contributed by atoms with E-state index in [9.17, 15) is 4.79 Å². The molecular formula is C11H23NO. The third kappa shape index (κ3) is 4.30. The molecule has 0 spiro atoms. The van der Waals surface area contributed by atoms with E-state index < -0.39 is 0 Å². The van der Waals surface area contributed by atoms with E-state index in [2.05, 4.69) is 20.8 Å². The van der Waals surface area contributed by atoms with Gasteiger partial charge in [-0.3, -0.25) is 4.79 Å². The van der Waals surface area contributed by atoms with Crippen LogP contribution in [0, 0.1) is 11.8 Å². The fraction of sp³-hybridized carbons (Fsp3) is 0.909. The number of unbranched alkanes of at least 4 members (excludes halogenated alkanes) is 1. The Labute approximate surface area is 82.3 Å². The lowest BCUT2D eigenvalue weighted by molar-refractivity contribution is -0.135. The summed E-state index contributed by atoms with van der Waals surface area (Å²) in [5, 5.41) is 0. The molecule has 0 aromatic heterocycles. The average Bonchev–Trinajstić information content (AvgIpc) is 2.11. The van der Waals surface area contributed by atoms with Crippen molar-refractivity contribution in [3.63, 3.8) is 0 Å². The van der Waals surface area contributed by atoms with Gasteiger partial charge in [0.1, 0.15) is 0 Å². The maximum Gasteiger partial charge on any atom is 0.225 e. The summed E-state index contributed by atoms with van der Waals surface area (Å²) in [5.41, 5.74) is 0. The number of carbonyl (C=O) groups is 1. The van der Waals surface area contributed by atoms with E-state index in [4.69, 9.17) is 0 Å². The van der Waals surface area contributed by atoms with E-state index in [1.165, 1.54) is 0 Å². The van der Waals surface area contributed by atoms with Crippen LogP contribution in [-0.4, -0.2) is 24.4 Å². The van der Waals surface area contributed by atoms with Crippen LogP contribution < -0.4 is 0 Å². The zero-order chi connectivity index (χ0) is 10.4. The third-order valence-electron chi connectivity index (χ3n) is 2.61. The highest BCUT2D eigenvalue weighted by molar-refractivity contribution is 5.78. The first-order valence-electron chi connectivity index (χ1n) is 5.25. The monoisotopic (exact) mass is 185 g/mol. The van der Waals surface area contributed by atoms with Gasteiger partial charge in [-0.15, -0.1) is 0 Å². The second-order valence-corrected chi connectivity index (χ2v) is 4.15. The van der Waals surface area contributed by atoms with Crippen LogP contribution in [0.15, 0.2) is 0 Å². The molecule has 1 atom stereocenters. The maximum absolute atomic E-state index is 11.7. The van der Waals surface area contributed by atoms with Crippen LogP contribution in [0.3, 0.4) is 0 Å². The minimum absolute atomic E-state index is 0.154. The zero-order valence-corrected chi connectivity index (χ0v) is 9.63. The van der Waals surface area contributed by atoms with Crippen molar-refractivity contribution < 1.29 is 4.79 Å². The summed E-state index contributed by atoms with van der Waals surface area (Å²) in [6.45, 7) is 9.23. The highest BCUT2D eigenvalue weighted by atomic mass is 16.2. The smallest absolute Gasteiger partial charge is 0.225 e. The van der Waals surface area contributed by atoms with E-state index in [0.29, 0.717) is 5.92 Å². The molecule has 13 heavy (non-hydrogen) atoms. The summed E-state index contributed by atoms with van der Waals surface area (Å²) in [6, 6.07) is 0. The molecule has 0 rings (SSSR count). The van der Waals surface area contributed by atoms with Gasteiger partial charge in [0.05, 0.1) is 0 Å². The molecule has 0 radical (unpaired) electrons. The van der Waals surface area contributed by atoms with Crippen molar-refractivity contribution in [2.75, 3.05) is 13.6 Å². The van der Waals surface area contributed by atoms with Gasteiger partial charge in [0.15, 0.2) is 0 Å². The van der Waals surface area contributed by atoms with Gasteiger partial charge in [-0.05, 0) is 12.3 Å². The van der Waals surface area contributed by atoms with Crippen molar-refractivity contribution >= 4 is 5.91 Å². The SMILES string of the molecule is CCCCN(C)C(=O)[C@@H](C)C(C)C. The Morgan fingerprint density at radius 3 is 2.23 bits per heavy atom. The summed E-state index contributed by atoms with van der Waals surface area (Å²) in [6.07, 6.45) is 2.25. The number of nitrogens with zero attached hydrogens (tertiary/aromatic N) is 1. The molecule has 0 aliphatic carbocycles. The molecule has 0 aliphatic heterocycles. The molecule has 0 saturated heterocycles. The van der Waals surface area contributed by atoms with Crippen LogP contribution in [-0.2, 0) is 4.79 Å². The molecular weight excluding hydrogens is 162 g/mol. The van der Waals surface area contributed by atoms with Crippen LogP contribution >= 0.6 is 0 Å². The summed E-state index contributed by atoms with van der Waals surface area (Å²) in [4.78, 5) is 13.6. The lowest BCUT2D eigenvalue weighted by atomic mass is 9.97. The van der Waals surface area contributed by atoms with Crippen molar-refractivity contribution in [3.05, 3.63) is 0 Å². The Hall–Kier alpha value is -0.530. The number of rotatable bonds is 5. The van der Waals surface area contributed by atoms with E-state index >= 15 is 0 Å². The van der Waals surface area contributed by atoms with Gasteiger partial charge in [0, 0.05) is 19.5 Å². The van der Waals surface area contributed by atoms with Gasteiger partial charge in [0.2, 0.25) is 5.91 Å². The van der Waals surface area contributed by atoms with Gasteiger partial charge in [-0.25, -0.2) is 0 Å². The fourth-order valence-corrected chi connectivity index (χ4v) is 1.14. The topological polar surface area (TPSA) is 20.3 Å². The van der Waals surface area contributed by atoms with Crippen molar-refractivity contribution in [3.8, 4) is 0 Å². The van der Waals surface area contributed by atoms with Gasteiger partial charge in [-0.1, -0.05) is 34.1 Å². The fourth-order valence-electron chi connectivity index (χ4n) is 1.14. The molecule has 0 saturated carbocycles. The molecule has 0 aromatic carbocycles. The van der Waals surface area contributed by atoms with Crippen LogP contribution in [0.25, 0.3) is 0 Å². The molecule has 0 heterocycles. The Morgan fingerprint density at radius 2 is 1.85 bits per heavy atom. The van der Waals surface area contributed by atoms with Crippen molar-refractivity contribution in [1.82, 2.24) is 4.90 Å². The third-order valence-corrected chi connectivity index (χ3v) is 2.61. The van der Waals surface area contributed by atoms with E-state index in [1.54, 1.807) is 0 Å². The van der Waals surface area contributed by atoms with E-state index in [1.807, 2.05) is 18.9 Å². The lowest BCUT2D eigenvalue weighted by Gasteiger charge is -2.23. The number of carbonyl (C=O) groups excluding carboxylic acids is 1. The normalized spacial score (nSPS) is 13.1. The minimum Gasteiger partial charge on any atom is -0.346 e. The minimum atomic E-state index is 0.154. The Balaban J connectivity index is 3.94. The Morgan fingerprint density at radius 1 is 1.31 bits per heavy atom. The van der Waals surface area contributed by atoms with E-state index in [0.717, 1.165) is 19.4 Å². The predicted molar refractivity (Wildman–Crippen MR) is 56.5 cm³/mol. The first-order valence-corrected chi connectivity index (χ1v) is 5.25. The number of amides is 1. The van der Waals surface area contributed by atoms with Crippen LogP contribution in [0.4, 0.5) is 0 Å². The molecule has 2 heteroatoms. The first-order chi connectivity index (χ1) is 6.00. The highest BCUT2D eigenvalue weighted by Gasteiger charge is 2.19. The molecule has 0 N–H and O–H groups in total. The van der Waals surface area contributed by atoms with Gasteiger partial charge < -0.3 is 4.90 Å². The van der Waals surface area contributed by atoms with Gasteiger partial charge in [0.25, 0.3) is 0 Å². The molecule has 78 valence electrons. The number of hydrogen-bond acceptors (Lipinski definition) is 1. The van der Waals surface area contributed by atoms with E-state index in [-0.39, 0.29) is 11.8 Å².